The molecule has 1 saturated heterocycles. The van der Waals surface area contributed by atoms with E-state index in [1.54, 1.807) is 12.1 Å². The second-order valence-corrected chi connectivity index (χ2v) is 5.37. The number of carbonyl (C=O) groups is 2. The lowest BCUT2D eigenvalue weighted by atomic mass is 10.1. The number of benzene rings is 1. The van der Waals surface area contributed by atoms with Gasteiger partial charge in [-0.25, -0.2) is 4.79 Å². The Bertz CT molecular complexity index is 535. The van der Waals surface area contributed by atoms with Crippen molar-refractivity contribution in [2.45, 2.75) is 25.0 Å². The number of halogens is 1. The molecule has 2 unspecified atom stereocenters. The number of carboxylic acids is 1. The first-order valence-electron chi connectivity index (χ1n) is 6.21. The summed E-state index contributed by atoms with van der Waals surface area (Å²) in [6.45, 7) is 0.374. The minimum absolute atomic E-state index is 0.0288. The summed E-state index contributed by atoms with van der Waals surface area (Å²) in [6.07, 6.45) is 0.623. The number of carbonyl (C=O) groups excluding carboxylic acids is 1. The van der Waals surface area contributed by atoms with Gasteiger partial charge in [0.1, 0.15) is 6.10 Å². The largest absolute Gasteiger partial charge is 0.478 e. The van der Waals surface area contributed by atoms with E-state index in [1.807, 2.05) is 0 Å². The van der Waals surface area contributed by atoms with Crippen molar-refractivity contribution in [3.05, 3.63) is 28.2 Å². The van der Waals surface area contributed by atoms with Crippen LogP contribution in [0.2, 0.25) is 0 Å². The summed E-state index contributed by atoms with van der Waals surface area (Å²) in [5.74, 6) is -1.45. The van der Waals surface area contributed by atoms with E-state index in [0.717, 1.165) is 6.42 Å². The van der Waals surface area contributed by atoms with Crippen molar-refractivity contribution < 1.29 is 19.4 Å². The minimum atomic E-state index is -1.10. The lowest BCUT2D eigenvalue weighted by Gasteiger charge is -2.15. The summed E-state index contributed by atoms with van der Waals surface area (Å²) in [4.78, 5) is 23.3. The van der Waals surface area contributed by atoms with Crippen molar-refractivity contribution >= 4 is 33.5 Å². The van der Waals surface area contributed by atoms with Gasteiger partial charge in [-0.1, -0.05) is 6.07 Å². The standard InChI is InChI=1S/C13H15BrN2O4/c14-9-3-1-2-8(13(18)19)11(9)16-12(17)10-5-4-7(6-15)20-10/h1-3,7,10H,4-6,15H2,(H,16,17)(H,18,19). The Balaban J connectivity index is 2.14. The minimum Gasteiger partial charge on any atom is -0.478 e. The molecule has 1 fully saturated rings. The monoisotopic (exact) mass is 342 g/mol. The maximum atomic E-state index is 12.1. The van der Waals surface area contributed by atoms with E-state index in [2.05, 4.69) is 21.2 Å². The van der Waals surface area contributed by atoms with E-state index < -0.39 is 12.1 Å². The molecule has 1 aliphatic heterocycles. The summed E-state index contributed by atoms with van der Waals surface area (Å²) in [6, 6.07) is 4.70. The summed E-state index contributed by atoms with van der Waals surface area (Å²) < 4.78 is 6.00. The SMILES string of the molecule is NCC1CCC(C(=O)Nc2c(Br)cccc2C(=O)O)O1. The first-order valence-corrected chi connectivity index (χ1v) is 7.00. The Morgan fingerprint density at radius 1 is 1.45 bits per heavy atom. The number of anilines is 1. The fourth-order valence-corrected chi connectivity index (χ4v) is 2.57. The van der Waals surface area contributed by atoms with Gasteiger partial charge in [-0.2, -0.15) is 0 Å². The average Bonchev–Trinajstić information content (AvgIpc) is 2.89. The van der Waals surface area contributed by atoms with Crippen LogP contribution in [-0.4, -0.2) is 35.7 Å². The van der Waals surface area contributed by atoms with Crippen LogP contribution in [0.1, 0.15) is 23.2 Å². The molecule has 108 valence electrons. The summed E-state index contributed by atoms with van der Waals surface area (Å²) >= 11 is 3.24. The Morgan fingerprint density at radius 3 is 2.80 bits per heavy atom. The Kier molecular flexibility index (Phi) is 4.74. The highest BCUT2D eigenvalue weighted by Crippen LogP contribution is 2.28. The molecule has 0 spiro atoms. The van der Waals surface area contributed by atoms with Gasteiger partial charge in [0.15, 0.2) is 0 Å². The normalized spacial score (nSPS) is 21.7. The van der Waals surface area contributed by atoms with Crippen molar-refractivity contribution in [2.24, 2.45) is 5.73 Å². The molecular formula is C13H15BrN2O4. The number of amides is 1. The van der Waals surface area contributed by atoms with Crippen LogP contribution in [0.4, 0.5) is 5.69 Å². The van der Waals surface area contributed by atoms with Gasteiger partial charge in [-0.15, -0.1) is 0 Å². The molecule has 1 aliphatic rings. The second-order valence-electron chi connectivity index (χ2n) is 4.52. The number of nitrogens with two attached hydrogens (primary N) is 1. The molecule has 4 N–H and O–H groups in total. The van der Waals surface area contributed by atoms with Crippen LogP contribution in [0.3, 0.4) is 0 Å². The molecule has 0 bridgehead atoms. The zero-order valence-corrected chi connectivity index (χ0v) is 12.2. The molecule has 0 aliphatic carbocycles. The van der Waals surface area contributed by atoms with E-state index in [0.29, 0.717) is 17.4 Å². The predicted molar refractivity (Wildman–Crippen MR) is 76.7 cm³/mol. The number of carboxylic acid groups (broad SMARTS) is 1. The van der Waals surface area contributed by atoms with Crippen molar-refractivity contribution in [1.82, 2.24) is 0 Å². The molecule has 7 heteroatoms. The van der Waals surface area contributed by atoms with Gasteiger partial charge in [0.2, 0.25) is 0 Å². The molecule has 1 heterocycles. The lowest BCUT2D eigenvalue weighted by molar-refractivity contribution is -0.126. The maximum absolute atomic E-state index is 12.1. The Labute approximate surface area is 124 Å². The Hall–Kier alpha value is -1.44. The highest BCUT2D eigenvalue weighted by molar-refractivity contribution is 9.10. The summed E-state index contributed by atoms with van der Waals surface area (Å²) in [5, 5.41) is 11.7. The smallest absolute Gasteiger partial charge is 0.337 e. The van der Waals surface area contributed by atoms with Crippen molar-refractivity contribution in [3.63, 3.8) is 0 Å². The van der Waals surface area contributed by atoms with E-state index in [4.69, 9.17) is 15.6 Å². The van der Waals surface area contributed by atoms with Gasteiger partial charge in [-0.05, 0) is 40.9 Å². The number of rotatable bonds is 4. The van der Waals surface area contributed by atoms with Crippen LogP contribution in [0, 0.1) is 0 Å². The van der Waals surface area contributed by atoms with Crippen LogP contribution < -0.4 is 11.1 Å². The van der Waals surface area contributed by atoms with Crippen LogP contribution in [0.5, 0.6) is 0 Å². The highest BCUT2D eigenvalue weighted by atomic mass is 79.9. The number of hydrogen-bond acceptors (Lipinski definition) is 4. The number of aromatic carboxylic acids is 1. The molecule has 2 atom stereocenters. The van der Waals surface area contributed by atoms with E-state index >= 15 is 0 Å². The van der Waals surface area contributed by atoms with Crippen molar-refractivity contribution in [2.75, 3.05) is 11.9 Å². The fourth-order valence-electron chi connectivity index (χ4n) is 2.11. The number of hydrogen-bond donors (Lipinski definition) is 3. The third-order valence-corrected chi connectivity index (χ3v) is 3.82. The molecule has 2 rings (SSSR count). The lowest BCUT2D eigenvalue weighted by Crippen LogP contribution is -2.30. The van der Waals surface area contributed by atoms with Crippen molar-refractivity contribution in [1.29, 1.82) is 0 Å². The second kappa shape index (κ2) is 6.34. The zero-order chi connectivity index (χ0) is 14.7. The number of nitrogens with one attached hydrogen (secondary N) is 1. The molecule has 20 heavy (non-hydrogen) atoms. The van der Waals surface area contributed by atoms with E-state index in [9.17, 15) is 9.59 Å². The molecule has 0 saturated carbocycles. The highest BCUT2D eigenvalue weighted by Gasteiger charge is 2.30. The predicted octanol–water partition coefficient (Wildman–Crippen LogP) is 1.59. The molecule has 6 nitrogen and oxygen atoms in total. The molecule has 0 radical (unpaired) electrons. The molecule has 1 aromatic rings. The molecule has 0 aromatic heterocycles. The summed E-state index contributed by atoms with van der Waals surface area (Å²) in [5.41, 5.74) is 5.76. The maximum Gasteiger partial charge on any atom is 0.337 e. The van der Waals surface area contributed by atoms with Crippen LogP contribution >= 0.6 is 15.9 Å². The number of para-hydroxylation sites is 1. The topological polar surface area (TPSA) is 102 Å². The van der Waals surface area contributed by atoms with Crippen molar-refractivity contribution in [3.8, 4) is 0 Å². The van der Waals surface area contributed by atoms with Gasteiger partial charge >= 0.3 is 5.97 Å². The van der Waals surface area contributed by atoms with Gasteiger partial charge < -0.3 is 20.9 Å². The average molecular weight is 343 g/mol. The number of ether oxygens (including phenoxy) is 1. The first kappa shape index (κ1) is 15.0. The quantitative estimate of drug-likeness (QED) is 0.771. The summed E-state index contributed by atoms with van der Waals surface area (Å²) in [7, 11) is 0. The third-order valence-electron chi connectivity index (χ3n) is 3.16. The van der Waals surface area contributed by atoms with Crippen LogP contribution in [-0.2, 0) is 9.53 Å². The van der Waals surface area contributed by atoms with Gasteiger partial charge in [-0.3, -0.25) is 4.79 Å². The first-order chi connectivity index (χ1) is 9.52. The molecular weight excluding hydrogens is 328 g/mol. The van der Waals surface area contributed by atoms with Crippen LogP contribution in [0.25, 0.3) is 0 Å². The van der Waals surface area contributed by atoms with Gasteiger partial charge in [0.05, 0.1) is 17.4 Å². The Morgan fingerprint density at radius 2 is 2.20 bits per heavy atom. The van der Waals surface area contributed by atoms with Gasteiger partial charge in [0, 0.05) is 11.0 Å². The molecule has 1 aromatic carbocycles. The zero-order valence-electron chi connectivity index (χ0n) is 10.6. The van der Waals surface area contributed by atoms with Crippen LogP contribution in [0.15, 0.2) is 22.7 Å². The van der Waals surface area contributed by atoms with E-state index in [-0.39, 0.29) is 23.3 Å². The third kappa shape index (κ3) is 3.17. The van der Waals surface area contributed by atoms with Gasteiger partial charge in [0.25, 0.3) is 5.91 Å². The fraction of sp³-hybridized carbons (Fsp3) is 0.385. The molecule has 1 amide bonds. The van der Waals surface area contributed by atoms with E-state index in [1.165, 1.54) is 6.07 Å².